The quantitative estimate of drug-likeness (QED) is 0.605. The summed E-state index contributed by atoms with van der Waals surface area (Å²) in [5.41, 5.74) is 7.70. The van der Waals surface area contributed by atoms with E-state index in [0.717, 1.165) is 5.56 Å². The normalized spacial score (nSPS) is 11.5. The van der Waals surface area contributed by atoms with Crippen LogP contribution in [0.5, 0.6) is 0 Å². The second-order valence-corrected chi connectivity index (χ2v) is 5.47. The van der Waals surface area contributed by atoms with Crippen LogP contribution in [0.1, 0.15) is 22.8 Å². The molecule has 0 spiro atoms. The van der Waals surface area contributed by atoms with Crippen LogP contribution in [0.25, 0.3) is 0 Å². The average molecular weight is 326 g/mol. The Labute approximate surface area is 141 Å². The van der Waals surface area contributed by atoms with Crippen molar-refractivity contribution < 1.29 is 14.3 Å². The Morgan fingerprint density at radius 1 is 1.12 bits per heavy atom. The Morgan fingerprint density at radius 3 is 2.54 bits per heavy atom. The van der Waals surface area contributed by atoms with Crippen LogP contribution >= 0.6 is 0 Å². The highest BCUT2D eigenvalue weighted by molar-refractivity contribution is 5.95. The molecule has 0 radical (unpaired) electrons. The van der Waals surface area contributed by atoms with E-state index < -0.39 is 5.92 Å². The van der Waals surface area contributed by atoms with Gasteiger partial charge in [0.25, 0.3) is 5.91 Å². The number of rotatable bonds is 7. The molecule has 0 heterocycles. The first-order valence-corrected chi connectivity index (χ1v) is 7.94. The molecule has 1 amide bonds. The lowest BCUT2D eigenvalue weighted by Gasteiger charge is -2.16. The third-order valence-electron chi connectivity index (χ3n) is 3.60. The number of carbonyl (C=O) groups is 2. The van der Waals surface area contributed by atoms with Gasteiger partial charge >= 0.3 is 5.97 Å². The third-order valence-corrected chi connectivity index (χ3v) is 3.60. The van der Waals surface area contributed by atoms with Gasteiger partial charge in [0.15, 0.2) is 0 Å². The minimum absolute atomic E-state index is 0.210. The van der Waals surface area contributed by atoms with E-state index in [0.29, 0.717) is 24.3 Å². The fourth-order valence-corrected chi connectivity index (χ4v) is 2.40. The van der Waals surface area contributed by atoms with E-state index in [1.165, 1.54) is 0 Å². The summed E-state index contributed by atoms with van der Waals surface area (Å²) >= 11 is 0. The zero-order valence-electron chi connectivity index (χ0n) is 13.7. The number of esters is 1. The molecule has 1 atom stereocenters. The summed E-state index contributed by atoms with van der Waals surface area (Å²) < 4.78 is 5.12. The van der Waals surface area contributed by atoms with Crippen molar-refractivity contribution in [2.45, 2.75) is 13.3 Å². The van der Waals surface area contributed by atoms with Gasteiger partial charge in [-0.15, -0.1) is 0 Å². The summed E-state index contributed by atoms with van der Waals surface area (Å²) in [6.45, 7) is 2.29. The number of carbonyl (C=O) groups excluding carboxylic acids is 2. The number of nitrogens with two attached hydrogens (primary N) is 1. The zero-order chi connectivity index (χ0) is 17.4. The lowest BCUT2D eigenvalue weighted by molar-refractivity contribution is -0.147. The van der Waals surface area contributed by atoms with Gasteiger partial charge in [-0.1, -0.05) is 36.4 Å². The predicted molar refractivity (Wildman–Crippen MR) is 93.5 cm³/mol. The molecule has 24 heavy (non-hydrogen) atoms. The lowest BCUT2D eigenvalue weighted by Crippen LogP contribution is -2.35. The SMILES string of the molecule is CCOC(=O)C(CNC(=O)c1cccc(N)c1)Cc1ccccc1. The molecule has 1 unspecified atom stereocenters. The summed E-state index contributed by atoms with van der Waals surface area (Å²) in [5.74, 6) is -1.00. The fourth-order valence-electron chi connectivity index (χ4n) is 2.40. The molecule has 2 aromatic rings. The second kappa shape index (κ2) is 8.72. The largest absolute Gasteiger partial charge is 0.466 e. The molecule has 0 aliphatic carbocycles. The minimum atomic E-state index is -0.433. The Bertz CT molecular complexity index is 686. The highest BCUT2D eigenvalue weighted by Gasteiger charge is 2.21. The number of amides is 1. The number of hydrogen-bond acceptors (Lipinski definition) is 4. The third kappa shape index (κ3) is 5.12. The molecule has 0 fully saturated rings. The van der Waals surface area contributed by atoms with Crippen molar-refractivity contribution in [3.05, 3.63) is 65.7 Å². The number of hydrogen-bond donors (Lipinski definition) is 2. The first-order valence-electron chi connectivity index (χ1n) is 7.94. The molecule has 0 saturated heterocycles. The number of benzene rings is 2. The van der Waals surface area contributed by atoms with E-state index >= 15 is 0 Å². The second-order valence-electron chi connectivity index (χ2n) is 5.47. The van der Waals surface area contributed by atoms with Crippen LogP contribution in [0.4, 0.5) is 5.69 Å². The fraction of sp³-hybridized carbons (Fsp3) is 0.263. The highest BCUT2D eigenvalue weighted by atomic mass is 16.5. The van der Waals surface area contributed by atoms with Crippen molar-refractivity contribution >= 4 is 17.6 Å². The Morgan fingerprint density at radius 2 is 1.88 bits per heavy atom. The molecule has 0 aliphatic rings. The Kier molecular flexibility index (Phi) is 6.37. The Balaban J connectivity index is 2.02. The molecule has 0 saturated carbocycles. The summed E-state index contributed by atoms with van der Waals surface area (Å²) in [6.07, 6.45) is 0.511. The maximum absolute atomic E-state index is 12.2. The van der Waals surface area contributed by atoms with E-state index in [-0.39, 0.29) is 18.4 Å². The number of anilines is 1. The van der Waals surface area contributed by atoms with Crippen molar-refractivity contribution in [2.24, 2.45) is 5.92 Å². The van der Waals surface area contributed by atoms with Crippen LogP contribution in [-0.2, 0) is 16.0 Å². The van der Waals surface area contributed by atoms with Crippen molar-refractivity contribution in [1.82, 2.24) is 5.32 Å². The van der Waals surface area contributed by atoms with Gasteiger partial charge in [0.2, 0.25) is 0 Å². The monoisotopic (exact) mass is 326 g/mol. The molecule has 126 valence electrons. The van der Waals surface area contributed by atoms with Crippen molar-refractivity contribution in [2.75, 3.05) is 18.9 Å². The molecule has 0 bridgehead atoms. The summed E-state index contributed by atoms with van der Waals surface area (Å²) in [4.78, 5) is 24.4. The van der Waals surface area contributed by atoms with Crippen LogP contribution in [-0.4, -0.2) is 25.0 Å². The Hall–Kier alpha value is -2.82. The number of nitrogens with one attached hydrogen (secondary N) is 1. The summed E-state index contributed by atoms with van der Waals surface area (Å²) in [5, 5.41) is 2.79. The van der Waals surface area contributed by atoms with Gasteiger partial charge in [0, 0.05) is 17.8 Å². The number of nitrogen functional groups attached to an aromatic ring is 1. The lowest BCUT2D eigenvalue weighted by atomic mass is 9.99. The molecule has 2 rings (SSSR count). The van der Waals surface area contributed by atoms with Gasteiger partial charge < -0.3 is 15.8 Å². The van der Waals surface area contributed by atoms with E-state index in [1.54, 1.807) is 31.2 Å². The molecule has 2 aromatic carbocycles. The van der Waals surface area contributed by atoms with Gasteiger partial charge in [-0.05, 0) is 37.1 Å². The van der Waals surface area contributed by atoms with Gasteiger partial charge in [-0.25, -0.2) is 0 Å². The van der Waals surface area contributed by atoms with Crippen LogP contribution in [0.2, 0.25) is 0 Å². The van der Waals surface area contributed by atoms with E-state index in [1.807, 2.05) is 30.3 Å². The van der Waals surface area contributed by atoms with Crippen LogP contribution in [0.3, 0.4) is 0 Å². The molecule has 5 nitrogen and oxygen atoms in total. The van der Waals surface area contributed by atoms with Crippen molar-refractivity contribution in [1.29, 1.82) is 0 Å². The van der Waals surface area contributed by atoms with Gasteiger partial charge in [0.1, 0.15) is 0 Å². The van der Waals surface area contributed by atoms with E-state index in [4.69, 9.17) is 10.5 Å². The maximum Gasteiger partial charge on any atom is 0.311 e. The van der Waals surface area contributed by atoms with Gasteiger partial charge in [-0.3, -0.25) is 9.59 Å². The van der Waals surface area contributed by atoms with Crippen LogP contribution < -0.4 is 11.1 Å². The molecular weight excluding hydrogens is 304 g/mol. The van der Waals surface area contributed by atoms with Crippen LogP contribution in [0.15, 0.2) is 54.6 Å². The topological polar surface area (TPSA) is 81.4 Å². The predicted octanol–water partition coefficient (Wildman–Crippen LogP) is 2.42. The van der Waals surface area contributed by atoms with E-state index in [2.05, 4.69) is 5.32 Å². The van der Waals surface area contributed by atoms with Crippen LogP contribution in [0, 0.1) is 5.92 Å². The molecule has 5 heteroatoms. The van der Waals surface area contributed by atoms with Gasteiger partial charge in [-0.2, -0.15) is 0 Å². The standard InChI is InChI=1S/C19H22N2O3/c1-2-24-19(23)16(11-14-7-4-3-5-8-14)13-21-18(22)15-9-6-10-17(20)12-15/h3-10,12,16H,2,11,13,20H2,1H3,(H,21,22). The molecule has 0 aliphatic heterocycles. The first kappa shape index (κ1) is 17.5. The highest BCUT2D eigenvalue weighted by Crippen LogP contribution is 2.11. The molecule has 0 aromatic heterocycles. The summed E-state index contributed by atoms with van der Waals surface area (Å²) in [6, 6.07) is 16.4. The first-order chi connectivity index (χ1) is 11.6. The number of ether oxygens (including phenoxy) is 1. The van der Waals surface area contributed by atoms with E-state index in [9.17, 15) is 9.59 Å². The average Bonchev–Trinajstić information content (AvgIpc) is 2.59. The molecule has 3 N–H and O–H groups in total. The zero-order valence-corrected chi connectivity index (χ0v) is 13.7. The van der Waals surface area contributed by atoms with Gasteiger partial charge in [0.05, 0.1) is 12.5 Å². The smallest absolute Gasteiger partial charge is 0.311 e. The summed E-state index contributed by atoms with van der Waals surface area (Å²) in [7, 11) is 0. The molecular formula is C19H22N2O3. The van der Waals surface area contributed by atoms with Crippen molar-refractivity contribution in [3.8, 4) is 0 Å². The maximum atomic E-state index is 12.2. The van der Waals surface area contributed by atoms with Crippen molar-refractivity contribution in [3.63, 3.8) is 0 Å². The minimum Gasteiger partial charge on any atom is -0.466 e.